The van der Waals surface area contributed by atoms with Crippen LogP contribution >= 0.6 is 15.9 Å². The maximum atomic E-state index is 13.8. The smallest absolute Gasteiger partial charge is 0.192 e. The molecule has 1 heterocycles. The summed E-state index contributed by atoms with van der Waals surface area (Å²) in [7, 11) is 0. The Morgan fingerprint density at radius 1 is 1.21 bits per heavy atom. The molecule has 1 aromatic carbocycles. The second kappa shape index (κ2) is 4.53. The van der Waals surface area contributed by atoms with Gasteiger partial charge in [-0.1, -0.05) is 15.9 Å². The molecule has 102 valence electrons. The van der Waals surface area contributed by atoms with Crippen LogP contribution in [0.2, 0.25) is 0 Å². The average molecular weight is 327 g/mol. The first-order valence-electron chi connectivity index (χ1n) is 6.06. The second-order valence-electron chi connectivity index (χ2n) is 5.68. The molecule has 19 heavy (non-hydrogen) atoms. The lowest BCUT2D eigenvalue weighted by atomic mass is 9.91. The molecule has 1 aromatic rings. The fourth-order valence-corrected chi connectivity index (χ4v) is 2.74. The molecule has 4 heteroatoms. The Kier molecular flexibility index (Phi) is 3.43. The Hall–Kier alpha value is -1.00. The van der Waals surface area contributed by atoms with Crippen LogP contribution in [-0.2, 0) is 9.53 Å². The van der Waals surface area contributed by atoms with E-state index in [1.54, 1.807) is 32.1 Å². The van der Waals surface area contributed by atoms with Crippen LogP contribution in [0.1, 0.15) is 33.3 Å². The molecule has 0 bridgehead atoms. The van der Waals surface area contributed by atoms with E-state index in [0.717, 1.165) is 4.47 Å². The van der Waals surface area contributed by atoms with Gasteiger partial charge in [-0.2, -0.15) is 0 Å². The standard InChI is InChI=1S/C15H16BrFO2/c1-14(2)11(13(18)15(3,4)19-14)8-9-7-10(16)5-6-12(9)17/h5-8H,1-4H3/b11-8-. The van der Waals surface area contributed by atoms with Gasteiger partial charge in [-0.25, -0.2) is 4.39 Å². The molecule has 0 spiro atoms. The third-order valence-electron chi connectivity index (χ3n) is 3.21. The maximum Gasteiger partial charge on any atom is 0.192 e. The minimum Gasteiger partial charge on any atom is -0.357 e. The molecule has 0 aliphatic carbocycles. The van der Waals surface area contributed by atoms with Crippen molar-refractivity contribution < 1.29 is 13.9 Å². The molecule has 2 rings (SSSR count). The lowest BCUT2D eigenvalue weighted by molar-refractivity contribution is -0.132. The lowest BCUT2D eigenvalue weighted by Crippen LogP contribution is -2.29. The van der Waals surface area contributed by atoms with Crippen molar-refractivity contribution in [3.8, 4) is 0 Å². The van der Waals surface area contributed by atoms with Gasteiger partial charge >= 0.3 is 0 Å². The molecule has 0 unspecified atom stereocenters. The number of Topliss-reactive ketones (excluding diaryl/α,β-unsaturated/α-hetero) is 1. The van der Waals surface area contributed by atoms with E-state index in [1.807, 2.05) is 13.8 Å². The van der Waals surface area contributed by atoms with Gasteiger partial charge in [0.1, 0.15) is 11.4 Å². The number of hydrogen-bond donors (Lipinski definition) is 0. The highest BCUT2D eigenvalue weighted by molar-refractivity contribution is 9.10. The van der Waals surface area contributed by atoms with Gasteiger partial charge in [0.05, 0.1) is 5.60 Å². The minimum atomic E-state index is -0.863. The SMILES string of the molecule is CC1(C)OC(C)(C)/C(=C\c2cc(Br)ccc2F)C1=O. The quantitative estimate of drug-likeness (QED) is 0.725. The molecule has 0 saturated carbocycles. The molecule has 1 aliphatic rings. The molecule has 0 aromatic heterocycles. The van der Waals surface area contributed by atoms with Crippen molar-refractivity contribution in [2.24, 2.45) is 0 Å². The first-order valence-corrected chi connectivity index (χ1v) is 6.85. The largest absolute Gasteiger partial charge is 0.357 e. The van der Waals surface area contributed by atoms with E-state index in [-0.39, 0.29) is 11.6 Å². The molecule has 0 radical (unpaired) electrons. The summed E-state index contributed by atoms with van der Waals surface area (Å²) in [5.41, 5.74) is -0.700. The number of rotatable bonds is 1. The highest BCUT2D eigenvalue weighted by Crippen LogP contribution is 2.39. The molecule has 0 N–H and O–H groups in total. The summed E-state index contributed by atoms with van der Waals surface area (Å²) in [6, 6.07) is 4.64. The average Bonchev–Trinajstić information content (AvgIpc) is 2.41. The van der Waals surface area contributed by atoms with E-state index in [9.17, 15) is 9.18 Å². The zero-order valence-corrected chi connectivity index (χ0v) is 13.0. The number of hydrogen-bond acceptors (Lipinski definition) is 2. The summed E-state index contributed by atoms with van der Waals surface area (Å²) in [5, 5.41) is 0. The van der Waals surface area contributed by atoms with Crippen molar-refractivity contribution in [1.29, 1.82) is 0 Å². The van der Waals surface area contributed by atoms with Crippen molar-refractivity contribution in [3.63, 3.8) is 0 Å². The van der Waals surface area contributed by atoms with Gasteiger partial charge in [0.25, 0.3) is 0 Å². The van der Waals surface area contributed by atoms with E-state index < -0.39 is 11.2 Å². The first-order chi connectivity index (χ1) is 8.63. The molecular formula is C15H16BrFO2. The third-order valence-corrected chi connectivity index (χ3v) is 3.70. The minimum absolute atomic E-state index is 0.100. The van der Waals surface area contributed by atoms with Gasteiger partial charge in [0.2, 0.25) is 0 Å². The van der Waals surface area contributed by atoms with Crippen LogP contribution in [0, 0.1) is 5.82 Å². The Labute approximate surface area is 120 Å². The Morgan fingerprint density at radius 2 is 1.84 bits per heavy atom. The van der Waals surface area contributed by atoms with Gasteiger partial charge in [-0.05, 0) is 52.0 Å². The van der Waals surface area contributed by atoms with Crippen molar-refractivity contribution in [3.05, 3.63) is 39.6 Å². The predicted octanol–water partition coefficient (Wildman–Crippen LogP) is 4.13. The summed E-state index contributed by atoms with van der Waals surface area (Å²) < 4.78 is 20.3. The van der Waals surface area contributed by atoms with E-state index in [0.29, 0.717) is 11.1 Å². The second-order valence-corrected chi connectivity index (χ2v) is 6.59. The van der Waals surface area contributed by atoms with Gasteiger partial charge < -0.3 is 4.74 Å². The summed E-state index contributed by atoms with van der Waals surface area (Å²) in [4.78, 5) is 12.3. The highest BCUT2D eigenvalue weighted by Gasteiger charge is 2.49. The van der Waals surface area contributed by atoms with Gasteiger partial charge in [-0.15, -0.1) is 0 Å². The topological polar surface area (TPSA) is 26.3 Å². The van der Waals surface area contributed by atoms with Gasteiger partial charge in [0.15, 0.2) is 5.78 Å². The van der Waals surface area contributed by atoms with Crippen molar-refractivity contribution in [2.45, 2.75) is 38.9 Å². The van der Waals surface area contributed by atoms with Gasteiger partial charge in [0, 0.05) is 15.6 Å². The zero-order chi connectivity index (χ0) is 14.4. The Balaban J connectivity index is 2.54. The normalized spacial score (nSPS) is 23.1. The van der Waals surface area contributed by atoms with Crippen LogP contribution in [-0.4, -0.2) is 17.0 Å². The number of ether oxygens (including phenoxy) is 1. The van der Waals surface area contributed by atoms with Crippen LogP contribution in [0.4, 0.5) is 4.39 Å². The van der Waals surface area contributed by atoms with Crippen molar-refractivity contribution >= 4 is 27.8 Å². The fraction of sp³-hybridized carbons (Fsp3) is 0.400. The molecule has 0 amide bonds. The number of halogens is 2. The lowest BCUT2D eigenvalue weighted by Gasteiger charge is -2.22. The summed E-state index contributed by atoms with van der Waals surface area (Å²) in [5.74, 6) is -0.458. The molecule has 2 nitrogen and oxygen atoms in total. The van der Waals surface area contributed by atoms with Crippen LogP contribution in [0.25, 0.3) is 6.08 Å². The number of benzene rings is 1. The Morgan fingerprint density at radius 3 is 2.37 bits per heavy atom. The molecule has 1 saturated heterocycles. The Bertz CT molecular complexity index is 574. The monoisotopic (exact) mass is 326 g/mol. The van der Waals surface area contributed by atoms with E-state index in [4.69, 9.17) is 4.74 Å². The van der Waals surface area contributed by atoms with Crippen molar-refractivity contribution in [1.82, 2.24) is 0 Å². The summed E-state index contributed by atoms with van der Waals surface area (Å²) in [6.45, 7) is 7.10. The summed E-state index contributed by atoms with van der Waals surface area (Å²) in [6.07, 6.45) is 1.58. The van der Waals surface area contributed by atoms with Gasteiger partial charge in [-0.3, -0.25) is 4.79 Å². The number of carbonyl (C=O) groups excluding carboxylic acids is 1. The van der Waals surface area contributed by atoms with E-state index >= 15 is 0 Å². The number of carbonyl (C=O) groups is 1. The van der Waals surface area contributed by atoms with E-state index in [1.165, 1.54) is 6.07 Å². The fourth-order valence-electron chi connectivity index (χ4n) is 2.36. The molecule has 1 aliphatic heterocycles. The summed E-state index contributed by atoms with van der Waals surface area (Å²) >= 11 is 3.30. The first kappa shape index (κ1) is 14.4. The van der Waals surface area contributed by atoms with Crippen LogP contribution in [0.15, 0.2) is 28.2 Å². The van der Waals surface area contributed by atoms with Crippen LogP contribution in [0.5, 0.6) is 0 Å². The molecular weight excluding hydrogens is 311 g/mol. The molecule has 0 atom stereocenters. The van der Waals surface area contributed by atoms with Crippen LogP contribution in [0.3, 0.4) is 0 Å². The number of ketones is 1. The van der Waals surface area contributed by atoms with Crippen LogP contribution < -0.4 is 0 Å². The highest BCUT2D eigenvalue weighted by atomic mass is 79.9. The maximum absolute atomic E-state index is 13.8. The zero-order valence-electron chi connectivity index (χ0n) is 11.4. The predicted molar refractivity (Wildman–Crippen MR) is 76.3 cm³/mol. The van der Waals surface area contributed by atoms with Crippen molar-refractivity contribution in [2.75, 3.05) is 0 Å². The molecule has 1 fully saturated rings. The third kappa shape index (κ3) is 2.65. The van der Waals surface area contributed by atoms with E-state index in [2.05, 4.69) is 15.9 Å².